The molecule has 0 bridgehead atoms. The first-order valence-electron chi connectivity index (χ1n) is 27.2. The van der Waals surface area contributed by atoms with Crippen molar-refractivity contribution in [3.05, 3.63) is 0 Å². The van der Waals surface area contributed by atoms with E-state index in [0.29, 0.717) is 19.4 Å². The Morgan fingerprint density at radius 2 is 0.327 bits per heavy atom. The van der Waals surface area contributed by atoms with Crippen LogP contribution in [0.5, 0.6) is 0 Å². The van der Waals surface area contributed by atoms with Gasteiger partial charge in [-0.15, -0.1) is 0 Å². The average Bonchev–Trinajstić information content (AvgIpc) is 1.31. The van der Waals surface area contributed by atoms with Crippen molar-refractivity contribution in [3.8, 4) is 0 Å². The largest absolute Gasteiger partial charge is 0.472 e. The van der Waals surface area contributed by atoms with Crippen molar-refractivity contribution in [2.75, 3.05) is 145 Å². The highest BCUT2D eigenvalue weighted by Gasteiger charge is 2.35. The first-order valence-corrected chi connectivity index (χ1v) is 42.2. The Labute approximate surface area is 555 Å². The van der Waals surface area contributed by atoms with E-state index in [1.54, 1.807) is 0 Å². The van der Waals surface area contributed by atoms with Crippen LogP contribution in [0.4, 0.5) is 0 Å². The SMILES string of the molecule is NCCCCCCOP(=O)(O)OC[C@H](O)COP(=O)(O)OC[C@H](O)COP(=O)(O)OC[C@H](O)COP(=O)(O)OC[C@H](O)COP(=O)(O)OC[C@H](O)COP(=O)(O)OC[C@H](O)COP(=O)(O)OC[C@H](O)COP(=O)(O)OC[C@H](O)COP(=O)(O)OC[C@H](O)COP(=O)(O)OC[C@H](O)CO. The van der Waals surface area contributed by atoms with Gasteiger partial charge in [0.2, 0.25) is 0 Å². The van der Waals surface area contributed by atoms with Crippen molar-refractivity contribution in [1.82, 2.24) is 0 Å². The lowest BCUT2D eigenvalue weighted by Gasteiger charge is -2.20. The number of hydrogen-bond acceptors (Lipinski definition) is 42. The van der Waals surface area contributed by atoms with E-state index in [1.807, 2.05) is 0 Å². The van der Waals surface area contributed by atoms with E-state index in [4.69, 9.17) is 20.5 Å². The standard InChI is InChI=1S/C36H85NO51P10/c37-5-3-1-2-4-6-69-89(49,50)71-9-28(40)10-73-91(53,54)75-13-30(42)14-77-93(57,58)79-17-32(44)18-81-95(61,62)83-21-34(46)22-85-97(65,66)87-25-36(48)26-88-98(67,68)86-24-35(47)23-84-96(63,64)82-20-33(45)19-80-94(59,60)78-16-31(43)15-76-92(55,56)74-12-29(41)11-72-90(51,52)70-8-27(39)7-38/h27-36,38-48H,1-26,37H2,(H,49,50)(H,51,52)(H,53,54)(H,55,56)(H,57,58)(H,59,60)(H,61,62)(H,63,64)(H,65,66)(H,67,68)/t27-,28+,29-,30+,31-,32+,33-,34+,35-,36+/m1/s1. The van der Waals surface area contributed by atoms with Gasteiger partial charge in [0.15, 0.2) is 0 Å². The van der Waals surface area contributed by atoms with Crippen molar-refractivity contribution in [3.63, 3.8) is 0 Å². The highest BCUT2D eigenvalue weighted by Crippen LogP contribution is 2.51. The Hall–Kier alpha value is 0.620. The highest BCUT2D eigenvalue weighted by molar-refractivity contribution is 7.49. The van der Waals surface area contributed by atoms with E-state index < -0.39 is 271 Å². The summed E-state index contributed by atoms with van der Waals surface area (Å²) in [5.74, 6) is 0. The summed E-state index contributed by atoms with van der Waals surface area (Å²) in [6.07, 6.45) is -16.6. The van der Waals surface area contributed by atoms with Crippen molar-refractivity contribution in [1.29, 1.82) is 0 Å². The lowest BCUT2D eigenvalue weighted by molar-refractivity contribution is -0.00165. The normalized spacial score (nSPS) is 21.8. The second-order valence-corrected chi connectivity index (χ2v) is 33.6. The third-order valence-electron chi connectivity index (χ3n) is 9.73. The molecule has 10 unspecified atom stereocenters. The van der Waals surface area contributed by atoms with Gasteiger partial charge >= 0.3 is 78.2 Å². The summed E-state index contributed by atoms with van der Waals surface area (Å²) >= 11 is 0. The van der Waals surface area contributed by atoms with Crippen LogP contribution >= 0.6 is 78.2 Å². The predicted octanol–water partition coefficient (Wildman–Crippen LogP) is -4.56. The minimum atomic E-state index is -5.24. The second kappa shape index (κ2) is 48.8. The smallest absolute Gasteiger partial charge is 0.394 e. The number of unbranched alkanes of at least 4 members (excludes halogenated alkanes) is 3. The molecule has 20 atom stereocenters. The molecular formula is C36H85NO51P10. The monoisotopic (exact) mass is 1660 g/mol. The van der Waals surface area contributed by atoms with Gasteiger partial charge in [-0.25, -0.2) is 45.7 Å². The maximum Gasteiger partial charge on any atom is 0.472 e. The maximum atomic E-state index is 12.2. The number of nitrogens with two attached hydrogens (primary N) is 1. The predicted molar refractivity (Wildman–Crippen MR) is 312 cm³/mol. The Bertz CT molecular complexity index is 2710. The van der Waals surface area contributed by atoms with Gasteiger partial charge in [0.1, 0.15) is 61.0 Å². The van der Waals surface area contributed by atoms with Gasteiger partial charge < -0.3 is 111 Å². The average molecular weight is 1660 g/mol. The molecule has 0 spiro atoms. The summed E-state index contributed by atoms with van der Waals surface area (Å²) in [7, 11) is -50.9. The summed E-state index contributed by atoms with van der Waals surface area (Å²) in [5.41, 5.74) is 5.37. The van der Waals surface area contributed by atoms with Crippen LogP contribution in [0.2, 0.25) is 0 Å². The number of aliphatic hydroxyl groups is 11. The number of phosphoric ester groups is 10. The van der Waals surface area contributed by atoms with Crippen LogP contribution in [0.3, 0.4) is 0 Å². The van der Waals surface area contributed by atoms with Crippen LogP contribution in [-0.2, 0) is 136 Å². The molecule has 0 aliphatic carbocycles. The molecule has 23 N–H and O–H groups in total. The molecule has 0 amide bonds. The molecule has 52 nitrogen and oxygen atoms in total. The zero-order chi connectivity index (χ0) is 75.3. The number of hydrogen-bond donors (Lipinski definition) is 22. The van der Waals surface area contributed by atoms with Crippen LogP contribution in [0.25, 0.3) is 0 Å². The van der Waals surface area contributed by atoms with Crippen molar-refractivity contribution >= 4 is 78.2 Å². The molecule has 0 aliphatic rings. The van der Waals surface area contributed by atoms with Gasteiger partial charge in [0.25, 0.3) is 0 Å². The van der Waals surface area contributed by atoms with Crippen molar-refractivity contribution in [2.45, 2.75) is 86.7 Å². The minimum absolute atomic E-state index is 0.149. The first-order chi connectivity index (χ1) is 44.9. The fourth-order valence-corrected chi connectivity index (χ4v) is 13.0. The lowest BCUT2D eigenvalue weighted by Crippen LogP contribution is -2.25. The summed E-state index contributed by atoms with van der Waals surface area (Å²) in [6.45, 7) is -21.8. The number of rotatable bonds is 65. The molecular weight excluding hydrogens is 1570 g/mol. The second-order valence-electron chi connectivity index (χ2n) is 19.1. The molecule has 0 fully saturated rings. The number of phosphoric acid groups is 10. The summed E-state index contributed by atoms with van der Waals surface area (Å²) in [6, 6.07) is 0. The summed E-state index contributed by atoms with van der Waals surface area (Å²) in [5, 5.41) is 107. The first kappa shape index (κ1) is 98.6. The molecule has 62 heteroatoms. The van der Waals surface area contributed by atoms with Crippen LogP contribution < -0.4 is 5.73 Å². The molecule has 0 saturated carbocycles. The van der Waals surface area contributed by atoms with Crippen LogP contribution in [-0.4, -0.2) is 311 Å². The Balaban J connectivity index is 4.53. The van der Waals surface area contributed by atoms with Gasteiger partial charge in [0, 0.05) is 0 Å². The Kier molecular flexibility index (Phi) is 49.1. The van der Waals surface area contributed by atoms with E-state index >= 15 is 0 Å². The van der Waals surface area contributed by atoms with Gasteiger partial charge in [-0.2, -0.15) is 0 Å². The van der Waals surface area contributed by atoms with Crippen molar-refractivity contribution in [2.24, 2.45) is 5.73 Å². The van der Waals surface area contributed by atoms with E-state index in [9.17, 15) is 141 Å². The third kappa shape index (κ3) is 56.0. The summed E-state index contributed by atoms with van der Waals surface area (Å²) in [4.78, 5) is 97.5. The van der Waals surface area contributed by atoms with E-state index in [-0.39, 0.29) is 6.61 Å². The zero-order valence-corrected chi connectivity index (χ0v) is 59.8. The molecule has 0 aromatic heterocycles. The molecule has 0 saturated heterocycles. The van der Waals surface area contributed by atoms with Crippen LogP contribution in [0, 0.1) is 0 Å². The maximum absolute atomic E-state index is 12.2. The topological polar surface area (TPSA) is 806 Å². The van der Waals surface area contributed by atoms with Gasteiger partial charge in [-0.3, -0.25) is 90.5 Å². The van der Waals surface area contributed by atoms with E-state index in [2.05, 4.69) is 86.0 Å². The quantitative estimate of drug-likeness (QED) is 0.0201. The van der Waals surface area contributed by atoms with E-state index in [1.165, 1.54) is 0 Å². The molecule has 0 aliphatic heterocycles. The zero-order valence-electron chi connectivity index (χ0n) is 50.8. The van der Waals surface area contributed by atoms with Crippen LogP contribution in [0.15, 0.2) is 0 Å². The van der Waals surface area contributed by atoms with Crippen molar-refractivity contribution < 1.29 is 241 Å². The Morgan fingerprint density at radius 1 is 0.204 bits per heavy atom. The fraction of sp³-hybridized carbons (Fsp3) is 1.00. The third-order valence-corrected chi connectivity index (χ3v) is 19.3. The number of aliphatic hydroxyl groups excluding tert-OH is 11. The molecule has 0 radical (unpaired) electrons. The van der Waals surface area contributed by atoms with Gasteiger partial charge in [-0.05, 0) is 19.4 Å². The van der Waals surface area contributed by atoms with Gasteiger partial charge in [-0.1, -0.05) is 12.8 Å². The minimum Gasteiger partial charge on any atom is -0.394 e. The molecule has 0 heterocycles. The summed E-state index contributed by atoms with van der Waals surface area (Å²) < 4.78 is 210. The fourth-order valence-electron chi connectivity index (χ4n) is 5.06. The highest BCUT2D eigenvalue weighted by atomic mass is 31.2. The molecule has 98 heavy (non-hydrogen) atoms. The molecule has 590 valence electrons. The van der Waals surface area contributed by atoms with Gasteiger partial charge in [0.05, 0.1) is 139 Å². The molecule has 0 aromatic rings. The van der Waals surface area contributed by atoms with Crippen LogP contribution in [0.1, 0.15) is 25.7 Å². The van der Waals surface area contributed by atoms with E-state index in [0.717, 1.165) is 12.8 Å². The Morgan fingerprint density at radius 3 is 0.459 bits per heavy atom. The lowest BCUT2D eigenvalue weighted by atomic mass is 10.2. The molecule has 0 rings (SSSR count). The molecule has 0 aromatic carbocycles.